The van der Waals surface area contributed by atoms with Gasteiger partial charge in [0.15, 0.2) is 5.17 Å². The summed E-state index contributed by atoms with van der Waals surface area (Å²) in [5.74, 6) is -1.93. The Balaban J connectivity index is 1.79. The van der Waals surface area contributed by atoms with E-state index in [4.69, 9.17) is 0 Å². The molecule has 3 rings (SSSR count). The molecule has 2 aromatic rings. The number of carbonyl (C=O) groups is 3. The van der Waals surface area contributed by atoms with Gasteiger partial charge in [-0.2, -0.15) is 0 Å². The molecular weight excluding hydrogens is 390 g/mol. The summed E-state index contributed by atoms with van der Waals surface area (Å²) in [5.41, 5.74) is 3.23. The van der Waals surface area contributed by atoms with E-state index in [0.717, 1.165) is 11.1 Å². The van der Waals surface area contributed by atoms with Crippen molar-refractivity contribution < 1.29 is 19.5 Å². The molecule has 150 valence electrons. The average molecular weight is 410 g/mol. The zero-order valence-electron chi connectivity index (χ0n) is 16.3. The number of nitrogens with one attached hydrogen (secondary N) is 1. The van der Waals surface area contributed by atoms with Crippen LogP contribution in [0.4, 0.5) is 11.4 Å². The van der Waals surface area contributed by atoms with Crippen molar-refractivity contribution >= 4 is 46.1 Å². The molecule has 7 nitrogen and oxygen atoms in total. The summed E-state index contributed by atoms with van der Waals surface area (Å²) in [7, 11) is 1.63. The van der Waals surface area contributed by atoms with Crippen LogP contribution in [0.2, 0.25) is 0 Å². The van der Waals surface area contributed by atoms with Gasteiger partial charge in [-0.1, -0.05) is 30.0 Å². The number of aliphatic imine (C=N–C) groups is 1. The third-order valence-corrected chi connectivity index (χ3v) is 5.88. The highest BCUT2D eigenvalue weighted by Gasteiger charge is 2.34. The van der Waals surface area contributed by atoms with E-state index in [-0.39, 0.29) is 23.8 Å². The molecule has 8 heteroatoms. The Morgan fingerprint density at radius 1 is 1.17 bits per heavy atom. The zero-order chi connectivity index (χ0) is 21.1. The SMILES string of the molecule is Cc1ccc(N=C2S[C@H](C(=O)Nc3cccc(C(=O)[O-])c3)CC(=O)N2C)cc1C. The fourth-order valence-corrected chi connectivity index (χ4v) is 3.81. The Hall–Kier alpha value is -3.13. The van der Waals surface area contributed by atoms with Crippen LogP contribution in [0.25, 0.3) is 0 Å². The number of hydrogen-bond donors (Lipinski definition) is 1. The van der Waals surface area contributed by atoms with Crippen LogP contribution < -0.4 is 10.4 Å². The van der Waals surface area contributed by atoms with Crippen molar-refractivity contribution in [2.24, 2.45) is 4.99 Å². The summed E-state index contributed by atoms with van der Waals surface area (Å²) < 4.78 is 0. The van der Waals surface area contributed by atoms with E-state index in [1.54, 1.807) is 13.1 Å². The summed E-state index contributed by atoms with van der Waals surface area (Å²) in [6.07, 6.45) is 0.0269. The molecule has 29 heavy (non-hydrogen) atoms. The van der Waals surface area contributed by atoms with Crippen molar-refractivity contribution in [3.05, 3.63) is 59.2 Å². The predicted molar refractivity (Wildman–Crippen MR) is 111 cm³/mol. The Kier molecular flexibility index (Phi) is 6.03. The van der Waals surface area contributed by atoms with Gasteiger partial charge in [-0.15, -0.1) is 0 Å². The Morgan fingerprint density at radius 2 is 1.93 bits per heavy atom. The van der Waals surface area contributed by atoms with Gasteiger partial charge in [0.25, 0.3) is 0 Å². The first-order valence-corrected chi connectivity index (χ1v) is 9.84. The second kappa shape index (κ2) is 8.48. The molecule has 1 aliphatic heterocycles. The highest BCUT2D eigenvalue weighted by atomic mass is 32.2. The summed E-state index contributed by atoms with van der Waals surface area (Å²) >= 11 is 1.20. The normalized spacial score (nSPS) is 18.0. The van der Waals surface area contributed by atoms with E-state index in [2.05, 4.69) is 10.3 Å². The van der Waals surface area contributed by atoms with Crippen molar-refractivity contribution in [1.82, 2.24) is 4.90 Å². The number of nitrogens with zero attached hydrogens (tertiary/aromatic N) is 2. The Labute approximate surface area is 172 Å². The fraction of sp³-hybridized carbons (Fsp3) is 0.238. The van der Waals surface area contributed by atoms with E-state index < -0.39 is 11.2 Å². The highest BCUT2D eigenvalue weighted by molar-refractivity contribution is 8.15. The van der Waals surface area contributed by atoms with Crippen molar-refractivity contribution in [2.75, 3.05) is 12.4 Å². The third kappa shape index (κ3) is 4.83. The predicted octanol–water partition coefficient (Wildman–Crippen LogP) is 2.26. The number of amides is 2. The molecule has 0 aromatic heterocycles. The van der Waals surface area contributed by atoms with Gasteiger partial charge in [0.05, 0.1) is 11.7 Å². The second-order valence-electron chi connectivity index (χ2n) is 6.78. The van der Waals surface area contributed by atoms with E-state index in [9.17, 15) is 19.5 Å². The molecule has 0 aliphatic carbocycles. The summed E-state index contributed by atoms with van der Waals surface area (Å²) in [4.78, 5) is 42.0. The summed E-state index contributed by atoms with van der Waals surface area (Å²) in [5, 5.41) is 13.4. The molecule has 0 saturated carbocycles. The summed E-state index contributed by atoms with van der Waals surface area (Å²) in [6.45, 7) is 3.99. The first kappa shape index (κ1) is 20.6. The number of carbonyl (C=O) groups excluding carboxylic acids is 3. The van der Waals surface area contributed by atoms with Gasteiger partial charge in [0.2, 0.25) is 11.8 Å². The maximum Gasteiger partial charge on any atom is 0.238 e. The van der Waals surface area contributed by atoms with Gasteiger partial charge in [0, 0.05) is 19.2 Å². The number of thioether (sulfide) groups is 1. The number of amidine groups is 1. The van der Waals surface area contributed by atoms with Crippen LogP contribution in [0.3, 0.4) is 0 Å². The molecule has 1 aliphatic rings. The maximum absolute atomic E-state index is 12.7. The van der Waals surface area contributed by atoms with E-state index >= 15 is 0 Å². The van der Waals surface area contributed by atoms with Crippen LogP contribution in [0, 0.1) is 13.8 Å². The van der Waals surface area contributed by atoms with E-state index in [0.29, 0.717) is 16.5 Å². The summed E-state index contributed by atoms with van der Waals surface area (Å²) in [6, 6.07) is 11.5. The van der Waals surface area contributed by atoms with Crippen LogP contribution in [-0.4, -0.2) is 40.1 Å². The van der Waals surface area contributed by atoms with Crippen molar-refractivity contribution in [3.63, 3.8) is 0 Å². The molecule has 0 bridgehead atoms. The molecule has 2 aromatic carbocycles. The van der Waals surface area contributed by atoms with Crippen molar-refractivity contribution in [3.8, 4) is 0 Å². The number of anilines is 1. The number of rotatable bonds is 4. The first-order valence-electron chi connectivity index (χ1n) is 8.96. The van der Waals surface area contributed by atoms with Crippen molar-refractivity contribution in [1.29, 1.82) is 0 Å². The largest absolute Gasteiger partial charge is 0.545 e. The lowest BCUT2D eigenvalue weighted by Gasteiger charge is -2.29. The topological polar surface area (TPSA) is 102 Å². The molecule has 0 spiro atoms. The molecule has 1 atom stereocenters. The van der Waals surface area contributed by atoms with E-state index in [1.807, 2.05) is 32.0 Å². The minimum absolute atomic E-state index is 0.0269. The minimum Gasteiger partial charge on any atom is -0.545 e. The van der Waals surface area contributed by atoms with Gasteiger partial charge in [0.1, 0.15) is 5.25 Å². The van der Waals surface area contributed by atoms with Crippen molar-refractivity contribution in [2.45, 2.75) is 25.5 Å². The van der Waals surface area contributed by atoms with Gasteiger partial charge in [-0.05, 0) is 54.8 Å². The maximum atomic E-state index is 12.7. The fourth-order valence-electron chi connectivity index (χ4n) is 2.75. The highest BCUT2D eigenvalue weighted by Crippen LogP contribution is 2.29. The number of carboxylic acid groups (broad SMARTS) is 1. The van der Waals surface area contributed by atoms with Gasteiger partial charge in [-0.3, -0.25) is 14.5 Å². The molecule has 0 unspecified atom stereocenters. The lowest BCUT2D eigenvalue weighted by molar-refractivity contribution is -0.255. The smallest absolute Gasteiger partial charge is 0.238 e. The molecule has 1 N–H and O–H groups in total. The van der Waals surface area contributed by atoms with Gasteiger partial charge >= 0.3 is 0 Å². The molecule has 1 heterocycles. The molecule has 1 fully saturated rings. The lowest BCUT2D eigenvalue weighted by Crippen LogP contribution is -2.43. The third-order valence-electron chi connectivity index (χ3n) is 4.64. The Bertz CT molecular complexity index is 1020. The molecule has 2 amide bonds. The average Bonchev–Trinajstić information content (AvgIpc) is 2.68. The zero-order valence-corrected chi connectivity index (χ0v) is 17.1. The van der Waals surface area contributed by atoms with Crippen LogP contribution in [0.15, 0.2) is 47.5 Å². The molecular formula is C21H20N3O4S-. The standard InChI is InChI=1S/C21H21N3O4S/c1-12-7-8-16(9-13(12)2)23-21-24(3)18(25)11-17(29-21)19(26)22-15-6-4-5-14(10-15)20(27)28/h4-10,17H,11H2,1-3H3,(H,22,26)(H,27,28)/p-1/t17-/m0/s1. The number of aromatic carboxylic acids is 1. The number of hydrogen-bond acceptors (Lipinski definition) is 6. The number of benzene rings is 2. The van der Waals surface area contributed by atoms with Crippen LogP contribution in [0.1, 0.15) is 27.9 Å². The molecule has 0 radical (unpaired) electrons. The Morgan fingerprint density at radius 3 is 2.62 bits per heavy atom. The molecule has 1 saturated heterocycles. The second-order valence-corrected chi connectivity index (χ2v) is 7.95. The number of aryl methyl sites for hydroxylation is 2. The minimum atomic E-state index is -1.33. The first-order chi connectivity index (χ1) is 13.7. The van der Waals surface area contributed by atoms with Crippen LogP contribution in [-0.2, 0) is 9.59 Å². The van der Waals surface area contributed by atoms with E-state index in [1.165, 1.54) is 34.9 Å². The van der Waals surface area contributed by atoms with Crippen LogP contribution in [0.5, 0.6) is 0 Å². The monoisotopic (exact) mass is 410 g/mol. The van der Waals surface area contributed by atoms with Gasteiger partial charge in [-0.25, -0.2) is 4.99 Å². The van der Waals surface area contributed by atoms with Crippen LogP contribution >= 0.6 is 11.8 Å². The quantitative estimate of drug-likeness (QED) is 0.833. The lowest BCUT2D eigenvalue weighted by atomic mass is 10.1. The number of carboxylic acids is 1. The van der Waals surface area contributed by atoms with Gasteiger partial charge < -0.3 is 15.2 Å².